The molecule has 34 valence electrons. The van der Waals surface area contributed by atoms with Gasteiger partial charge in [-0.15, -0.1) is 0 Å². The molecular weight excluding hydrogens is 80.0 g/mol. The first-order chi connectivity index (χ1) is 4.21. The maximum atomic E-state index is 8.26. The van der Waals surface area contributed by atoms with E-state index in [1.807, 2.05) is 0 Å². The largest absolute Gasteiger partial charge is 0.384 e. The number of hydrogen-bond acceptors (Lipinski definition) is 2. The van der Waals surface area contributed by atoms with Gasteiger partial charge in [-0.25, -0.2) is 0 Å². The molecule has 2 nitrogen and oxygen atoms in total. The fourth-order valence-electron chi connectivity index (χ4n) is 0.0559. The van der Waals surface area contributed by atoms with E-state index in [1.54, 1.807) is 0 Å². The highest BCUT2D eigenvalue weighted by molar-refractivity contribution is 4.97. The van der Waals surface area contributed by atoms with Crippen molar-refractivity contribution < 1.29 is 15.7 Å². The fraction of sp³-hybridized carbons (Fsp3) is 0.500. The maximum Gasteiger partial charge on any atom is 0.104 e. The molecule has 2 N–H and O–H groups in total. The van der Waals surface area contributed by atoms with E-state index in [1.165, 1.54) is 11.8 Å². The predicted octanol–water partition coefficient (Wildman–Crippen LogP) is -1.03. The van der Waals surface area contributed by atoms with Gasteiger partial charge >= 0.3 is 0 Å². The van der Waals surface area contributed by atoms with Crippen molar-refractivity contribution >= 4 is 0 Å². The SMILES string of the molecule is [2H]C([2H])(O)C#CC([2H])([2H])O. The van der Waals surface area contributed by atoms with Crippen molar-refractivity contribution in [3.63, 3.8) is 0 Å². The van der Waals surface area contributed by atoms with Crippen LogP contribution in [0.3, 0.4) is 0 Å². The standard InChI is InChI=1S/C4H6O2/c5-3-1-2-4-6/h5-6H,3-4H2/i3D2,4D2. The molecule has 0 atom stereocenters. The van der Waals surface area contributed by atoms with Crippen molar-refractivity contribution in [1.82, 2.24) is 0 Å². The van der Waals surface area contributed by atoms with E-state index in [2.05, 4.69) is 0 Å². The quantitative estimate of drug-likeness (QED) is 0.373. The van der Waals surface area contributed by atoms with Crippen molar-refractivity contribution in [1.29, 1.82) is 0 Å². The van der Waals surface area contributed by atoms with Crippen molar-refractivity contribution in [2.24, 2.45) is 0 Å². The lowest BCUT2D eigenvalue weighted by Crippen LogP contribution is -1.74. The molecule has 0 aromatic heterocycles. The van der Waals surface area contributed by atoms with Crippen molar-refractivity contribution in [2.75, 3.05) is 13.1 Å². The molecular formula is C4H6O2. The van der Waals surface area contributed by atoms with E-state index in [0.717, 1.165) is 0 Å². The highest BCUT2D eigenvalue weighted by atomic mass is 16.3. The molecule has 6 heavy (non-hydrogen) atoms. The van der Waals surface area contributed by atoms with Crippen molar-refractivity contribution in [2.45, 2.75) is 0 Å². The summed E-state index contributed by atoms with van der Waals surface area (Å²) in [6, 6.07) is 0. The van der Waals surface area contributed by atoms with Crippen LogP contribution >= 0.6 is 0 Å². The first-order valence-electron chi connectivity index (χ1n) is 3.20. The summed E-state index contributed by atoms with van der Waals surface area (Å²) in [6.45, 7) is -5.51. The van der Waals surface area contributed by atoms with Gasteiger partial charge in [0.25, 0.3) is 0 Å². The number of hydrogen-bond donors (Lipinski definition) is 2. The topological polar surface area (TPSA) is 40.5 Å². The maximum absolute atomic E-state index is 8.26. The highest BCUT2D eigenvalue weighted by Gasteiger charge is 1.57. The molecule has 0 aromatic rings. The van der Waals surface area contributed by atoms with Gasteiger partial charge in [0, 0.05) is 0 Å². The summed E-state index contributed by atoms with van der Waals surface area (Å²) in [6.07, 6.45) is 0. The first-order valence-corrected chi connectivity index (χ1v) is 1.20. The van der Waals surface area contributed by atoms with Gasteiger partial charge in [-0.3, -0.25) is 0 Å². The van der Waals surface area contributed by atoms with E-state index in [9.17, 15) is 0 Å². The molecule has 0 rings (SSSR count). The first kappa shape index (κ1) is 1.53. The Balaban J connectivity index is 4.19. The second-order valence-electron chi connectivity index (χ2n) is 0.474. The summed E-state index contributed by atoms with van der Waals surface area (Å²) in [7, 11) is 0. The molecule has 0 amide bonds. The summed E-state index contributed by atoms with van der Waals surface area (Å²) in [5.74, 6) is 2.95. The van der Waals surface area contributed by atoms with Gasteiger partial charge in [0.1, 0.15) is 13.1 Å². The molecule has 0 unspecified atom stereocenters. The average molecular weight is 90.1 g/mol. The normalized spacial score (nSPS) is 21.0. The van der Waals surface area contributed by atoms with E-state index >= 15 is 0 Å². The Bertz CT molecular complexity index is 148. The Morgan fingerprint density at radius 3 is 1.83 bits per heavy atom. The van der Waals surface area contributed by atoms with E-state index in [0.29, 0.717) is 0 Å². The molecule has 0 bridgehead atoms. The Morgan fingerprint density at radius 1 is 1.33 bits per heavy atom. The van der Waals surface area contributed by atoms with Crippen LogP contribution in [0.5, 0.6) is 0 Å². The molecule has 0 heterocycles. The minimum atomic E-state index is -2.75. The molecule has 0 aliphatic rings. The number of rotatable bonds is 0. The minimum absolute atomic E-state index is 1.48. The average Bonchev–Trinajstić information content (AvgIpc) is 1.57. The summed E-state index contributed by atoms with van der Waals surface area (Å²) in [5, 5.41) is 16.5. The molecule has 0 spiro atoms. The predicted molar refractivity (Wildman–Crippen MR) is 21.9 cm³/mol. The van der Waals surface area contributed by atoms with Gasteiger partial charge in [0.05, 0.1) is 5.48 Å². The monoisotopic (exact) mass is 90.1 g/mol. The summed E-state index contributed by atoms with van der Waals surface area (Å²) in [4.78, 5) is 0. The highest BCUT2D eigenvalue weighted by Crippen LogP contribution is 1.48. The molecule has 0 aliphatic heterocycles. The zero-order valence-corrected chi connectivity index (χ0v) is 2.89. The van der Waals surface area contributed by atoms with Gasteiger partial charge in [0.2, 0.25) is 0 Å². The van der Waals surface area contributed by atoms with Crippen LogP contribution < -0.4 is 0 Å². The fourth-order valence-corrected chi connectivity index (χ4v) is 0.0559. The summed E-state index contributed by atoms with van der Waals surface area (Å²) >= 11 is 0. The minimum Gasteiger partial charge on any atom is -0.384 e. The molecule has 0 aliphatic carbocycles. The lowest BCUT2D eigenvalue weighted by Gasteiger charge is -1.66. The van der Waals surface area contributed by atoms with Crippen LogP contribution in [0.15, 0.2) is 0 Å². The van der Waals surface area contributed by atoms with Crippen molar-refractivity contribution in [3.05, 3.63) is 0 Å². The lowest BCUT2D eigenvalue weighted by atomic mass is 10.6. The third-order valence-corrected chi connectivity index (χ3v) is 0.174. The van der Waals surface area contributed by atoms with Crippen LogP contribution in [0.1, 0.15) is 5.48 Å². The van der Waals surface area contributed by atoms with Gasteiger partial charge in [0.15, 0.2) is 0 Å². The Morgan fingerprint density at radius 2 is 1.67 bits per heavy atom. The van der Waals surface area contributed by atoms with E-state index in [-0.39, 0.29) is 0 Å². The second-order valence-corrected chi connectivity index (χ2v) is 0.474. The van der Waals surface area contributed by atoms with Crippen molar-refractivity contribution in [3.8, 4) is 11.8 Å². The molecule has 2 heteroatoms. The number of aliphatic hydroxyl groups is 2. The Kier molecular flexibility index (Phi) is 1.14. The van der Waals surface area contributed by atoms with Crippen LogP contribution in [0.4, 0.5) is 0 Å². The zero-order valence-electron chi connectivity index (χ0n) is 6.89. The molecule has 0 aromatic carbocycles. The van der Waals surface area contributed by atoms with Gasteiger partial charge in [-0.1, -0.05) is 11.8 Å². The van der Waals surface area contributed by atoms with E-state index < -0.39 is 13.1 Å². The summed E-state index contributed by atoms with van der Waals surface area (Å²) in [5.41, 5.74) is 0. The zero-order chi connectivity index (χ0) is 8.41. The van der Waals surface area contributed by atoms with Crippen LogP contribution in [-0.4, -0.2) is 23.3 Å². The van der Waals surface area contributed by atoms with Crippen LogP contribution in [0.25, 0.3) is 0 Å². The van der Waals surface area contributed by atoms with Gasteiger partial charge in [-0.05, 0) is 0 Å². The molecule has 0 saturated heterocycles. The van der Waals surface area contributed by atoms with Gasteiger partial charge < -0.3 is 10.2 Å². The van der Waals surface area contributed by atoms with Crippen LogP contribution in [0.2, 0.25) is 0 Å². The lowest BCUT2D eigenvalue weighted by molar-refractivity contribution is 0.342. The van der Waals surface area contributed by atoms with Crippen LogP contribution in [0, 0.1) is 11.8 Å². The van der Waals surface area contributed by atoms with Crippen LogP contribution in [-0.2, 0) is 0 Å². The molecule has 0 radical (unpaired) electrons. The molecule has 0 saturated carbocycles. The Labute approximate surface area is 42.0 Å². The summed E-state index contributed by atoms with van der Waals surface area (Å²) < 4.78 is 25.5. The Hall–Kier alpha value is -0.520. The third kappa shape index (κ3) is 3.48. The molecule has 0 fully saturated rings. The van der Waals surface area contributed by atoms with E-state index in [4.69, 9.17) is 15.7 Å². The third-order valence-electron chi connectivity index (χ3n) is 0.174. The smallest absolute Gasteiger partial charge is 0.104 e. The second kappa shape index (κ2) is 4.48. The van der Waals surface area contributed by atoms with Gasteiger partial charge in [-0.2, -0.15) is 0 Å².